The Morgan fingerprint density at radius 3 is 2.37 bits per heavy atom. The molecule has 158 valence electrons. The minimum absolute atomic E-state index is 0.0291. The molecule has 0 bridgehead atoms. The summed E-state index contributed by atoms with van der Waals surface area (Å²) in [5.41, 5.74) is 4.23. The van der Waals surface area contributed by atoms with E-state index in [-0.39, 0.29) is 17.5 Å². The number of aliphatic hydroxyl groups is 1. The molecule has 0 saturated heterocycles. The maximum atomic E-state index is 12.8. The lowest BCUT2D eigenvalue weighted by Crippen LogP contribution is -2.18. The number of aliphatic hydroxyl groups excluding tert-OH is 1. The quantitative estimate of drug-likeness (QED) is 0.454. The number of benzene rings is 2. The number of aromatic amines is 1. The summed E-state index contributed by atoms with van der Waals surface area (Å²) in [6.07, 6.45) is 0. The van der Waals surface area contributed by atoms with Gasteiger partial charge in [-0.25, -0.2) is 8.42 Å². The van der Waals surface area contributed by atoms with Gasteiger partial charge in [0.05, 0.1) is 18.1 Å². The zero-order valence-electron chi connectivity index (χ0n) is 16.6. The summed E-state index contributed by atoms with van der Waals surface area (Å²) in [5.74, 6) is -0.480. The zero-order chi connectivity index (χ0) is 21.9. The summed E-state index contributed by atoms with van der Waals surface area (Å²) in [5, 5.41) is 9.39. The normalized spacial score (nSPS) is 12.5. The number of ketones is 1. The van der Waals surface area contributed by atoms with E-state index in [2.05, 4.69) is 9.71 Å². The summed E-state index contributed by atoms with van der Waals surface area (Å²) >= 11 is 5.90. The van der Waals surface area contributed by atoms with Gasteiger partial charge in [0, 0.05) is 27.9 Å². The monoisotopic (exact) mass is 446 g/mol. The van der Waals surface area contributed by atoms with Crippen LogP contribution in [0.4, 0.5) is 5.69 Å². The van der Waals surface area contributed by atoms with Crippen molar-refractivity contribution in [1.29, 1.82) is 0 Å². The number of hydrogen-bond acceptors (Lipinski definition) is 4. The molecule has 8 heteroatoms. The maximum absolute atomic E-state index is 12.8. The fourth-order valence-electron chi connectivity index (χ4n) is 3.17. The van der Waals surface area contributed by atoms with Crippen molar-refractivity contribution >= 4 is 33.1 Å². The van der Waals surface area contributed by atoms with Gasteiger partial charge in [0.15, 0.2) is 0 Å². The SMILES string of the molecule is Cc1cc(C(C)c2ccc(NS(=O)(=O)CCO)cc2)[nH]c1C(=O)c1ccc(Cl)cc1. The van der Waals surface area contributed by atoms with E-state index in [1.807, 2.05) is 32.0 Å². The lowest BCUT2D eigenvalue weighted by molar-refractivity contribution is 0.103. The number of aromatic nitrogens is 1. The Morgan fingerprint density at radius 2 is 1.77 bits per heavy atom. The van der Waals surface area contributed by atoms with Crippen molar-refractivity contribution in [2.24, 2.45) is 0 Å². The van der Waals surface area contributed by atoms with E-state index >= 15 is 0 Å². The number of aryl methyl sites for hydroxylation is 1. The second kappa shape index (κ2) is 9.04. The minimum Gasteiger partial charge on any atom is -0.395 e. The average Bonchev–Trinajstić information content (AvgIpc) is 3.09. The number of anilines is 1. The molecule has 3 aromatic rings. The Labute approximate surface area is 181 Å². The second-order valence-electron chi connectivity index (χ2n) is 7.11. The molecule has 0 radical (unpaired) electrons. The Morgan fingerprint density at radius 1 is 1.13 bits per heavy atom. The minimum atomic E-state index is -3.56. The highest BCUT2D eigenvalue weighted by Gasteiger charge is 2.18. The van der Waals surface area contributed by atoms with Gasteiger partial charge in [-0.15, -0.1) is 0 Å². The summed E-state index contributed by atoms with van der Waals surface area (Å²) in [7, 11) is -3.56. The van der Waals surface area contributed by atoms with E-state index in [9.17, 15) is 13.2 Å². The topological polar surface area (TPSA) is 99.3 Å². The molecule has 6 nitrogen and oxygen atoms in total. The smallest absolute Gasteiger partial charge is 0.234 e. The molecule has 1 aromatic heterocycles. The Kier molecular flexibility index (Phi) is 6.65. The molecule has 0 amide bonds. The molecule has 3 rings (SSSR count). The molecule has 2 aromatic carbocycles. The number of hydrogen-bond donors (Lipinski definition) is 3. The highest BCUT2D eigenvalue weighted by molar-refractivity contribution is 7.92. The third kappa shape index (κ3) is 5.11. The molecule has 1 unspecified atom stereocenters. The van der Waals surface area contributed by atoms with Gasteiger partial charge in [0.25, 0.3) is 0 Å². The Hall–Kier alpha value is -2.61. The van der Waals surface area contributed by atoms with Crippen LogP contribution in [0.5, 0.6) is 0 Å². The van der Waals surface area contributed by atoms with Crippen LogP contribution >= 0.6 is 11.6 Å². The van der Waals surface area contributed by atoms with Crippen molar-refractivity contribution in [3.63, 3.8) is 0 Å². The fourth-order valence-corrected chi connectivity index (χ4v) is 4.13. The van der Waals surface area contributed by atoms with E-state index in [0.717, 1.165) is 16.8 Å². The summed E-state index contributed by atoms with van der Waals surface area (Å²) in [6, 6.07) is 15.7. The molecular formula is C22H23ClN2O4S. The van der Waals surface area contributed by atoms with Crippen molar-refractivity contribution in [3.8, 4) is 0 Å². The van der Waals surface area contributed by atoms with E-state index in [1.54, 1.807) is 36.4 Å². The van der Waals surface area contributed by atoms with Crippen LogP contribution in [0.1, 0.15) is 45.7 Å². The first-order valence-electron chi connectivity index (χ1n) is 9.41. The number of carbonyl (C=O) groups is 1. The number of halogens is 1. The van der Waals surface area contributed by atoms with E-state index in [0.29, 0.717) is 22.0 Å². The molecule has 0 fully saturated rings. The number of H-pyrrole nitrogens is 1. The van der Waals surface area contributed by atoms with Gasteiger partial charge in [0.2, 0.25) is 15.8 Å². The highest BCUT2D eigenvalue weighted by atomic mass is 35.5. The standard InChI is InChI=1S/C22H23ClN2O4S/c1-14-13-20(24-21(14)22(27)17-3-7-18(23)8-4-17)15(2)16-5-9-19(10-6-16)25-30(28,29)12-11-26/h3-10,13,15,24-26H,11-12H2,1-2H3. The van der Waals surface area contributed by atoms with Gasteiger partial charge >= 0.3 is 0 Å². The van der Waals surface area contributed by atoms with Crippen molar-refractivity contribution in [3.05, 3.63) is 87.7 Å². The molecule has 0 saturated carbocycles. The number of sulfonamides is 1. The second-order valence-corrected chi connectivity index (χ2v) is 9.39. The van der Waals surface area contributed by atoms with Crippen LogP contribution in [-0.4, -0.2) is 36.7 Å². The van der Waals surface area contributed by atoms with Gasteiger partial charge in [-0.05, 0) is 60.5 Å². The molecule has 3 N–H and O–H groups in total. The summed E-state index contributed by atoms with van der Waals surface area (Å²) < 4.78 is 26.0. The first-order valence-corrected chi connectivity index (χ1v) is 11.4. The van der Waals surface area contributed by atoms with Gasteiger partial charge in [-0.3, -0.25) is 9.52 Å². The predicted octanol–water partition coefficient (Wildman–Crippen LogP) is 4.09. The third-order valence-corrected chi connectivity index (χ3v) is 6.40. The van der Waals surface area contributed by atoms with Gasteiger partial charge in [-0.1, -0.05) is 30.7 Å². The predicted molar refractivity (Wildman–Crippen MR) is 119 cm³/mol. The Balaban J connectivity index is 1.79. The number of rotatable bonds is 8. The lowest BCUT2D eigenvalue weighted by Gasteiger charge is -2.12. The third-order valence-electron chi connectivity index (χ3n) is 4.88. The van der Waals surface area contributed by atoms with Gasteiger partial charge in [0.1, 0.15) is 0 Å². The van der Waals surface area contributed by atoms with Crippen LogP contribution in [0.2, 0.25) is 5.02 Å². The summed E-state index contributed by atoms with van der Waals surface area (Å²) in [4.78, 5) is 16.1. The van der Waals surface area contributed by atoms with Crippen molar-refractivity contribution in [2.75, 3.05) is 17.1 Å². The lowest BCUT2D eigenvalue weighted by atomic mass is 9.97. The van der Waals surface area contributed by atoms with Crippen LogP contribution in [0.15, 0.2) is 54.6 Å². The molecular weight excluding hydrogens is 424 g/mol. The number of carbonyl (C=O) groups excluding carboxylic acids is 1. The zero-order valence-corrected chi connectivity index (χ0v) is 18.2. The van der Waals surface area contributed by atoms with Crippen LogP contribution in [0, 0.1) is 6.92 Å². The van der Waals surface area contributed by atoms with E-state index in [4.69, 9.17) is 16.7 Å². The molecule has 0 aliphatic heterocycles. The van der Waals surface area contributed by atoms with Crippen molar-refractivity contribution < 1.29 is 18.3 Å². The highest BCUT2D eigenvalue weighted by Crippen LogP contribution is 2.27. The first kappa shape index (κ1) is 22.1. The molecule has 0 spiro atoms. The van der Waals surface area contributed by atoms with Gasteiger partial charge < -0.3 is 10.1 Å². The molecule has 0 aliphatic carbocycles. The van der Waals surface area contributed by atoms with Crippen LogP contribution in [0.25, 0.3) is 0 Å². The molecule has 1 atom stereocenters. The Bertz CT molecular complexity index is 1140. The van der Waals surface area contributed by atoms with Crippen molar-refractivity contribution in [1.82, 2.24) is 4.98 Å². The molecule has 0 aliphatic rings. The maximum Gasteiger partial charge on any atom is 0.234 e. The molecule has 30 heavy (non-hydrogen) atoms. The van der Waals surface area contributed by atoms with E-state index < -0.39 is 16.6 Å². The largest absolute Gasteiger partial charge is 0.395 e. The van der Waals surface area contributed by atoms with Gasteiger partial charge in [-0.2, -0.15) is 0 Å². The molecule has 1 heterocycles. The number of nitrogens with one attached hydrogen (secondary N) is 2. The fraction of sp³-hybridized carbons (Fsp3) is 0.227. The first-order chi connectivity index (χ1) is 14.2. The van der Waals surface area contributed by atoms with E-state index in [1.165, 1.54) is 0 Å². The van der Waals surface area contributed by atoms with Crippen LogP contribution < -0.4 is 4.72 Å². The average molecular weight is 447 g/mol. The summed E-state index contributed by atoms with van der Waals surface area (Å²) in [6.45, 7) is 3.45. The van der Waals surface area contributed by atoms with Crippen LogP contribution in [-0.2, 0) is 10.0 Å². The van der Waals surface area contributed by atoms with Crippen LogP contribution in [0.3, 0.4) is 0 Å². The van der Waals surface area contributed by atoms with Crippen molar-refractivity contribution in [2.45, 2.75) is 19.8 Å².